The predicted molar refractivity (Wildman–Crippen MR) is 107 cm³/mol. The first-order valence-corrected chi connectivity index (χ1v) is 12.3. The van der Waals surface area contributed by atoms with Crippen molar-refractivity contribution >= 4 is 42.4 Å². The molecule has 0 atom stereocenters. The molecule has 1 aromatic carbocycles. The third-order valence-electron chi connectivity index (χ3n) is 6.41. The highest BCUT2D eigenvalue weighted by molar-refractivity contribution is 9.10. The van der Waals surface area contributed by atoms with Gasteiger partial charge in [-0.1, -0.05) is 22.0 Å². The summed E-state index contributed by atoms with van der Waals surface area (Å²) in [6.45, 7) is 0. The van der Waals surface area contributed by atoms with Crippen molar-refractivity contribution in [3.8, 4) is 0 Å². The lowest BCUT2D eigenvalue weighted by atomic mass is 9.49. The van der Waals surface area contributed by atoms with Crippen LogP contribution < -0.4 is 4.72 Å². The Morgan fingerprint density at radius 3 is 2.38 bits per heavy atom. The molecular formula is C19H21BrN2O2S2. The fourth-order valence-electron chi connectivity index (χ4n) is 5.80. The molecule has 4 bridgehead atoms. The van der Waals surface area contributed by atoms with E-state index < -0.39 is 10.0 Å². The average molecular weight is 453 g/mol. The van der Waals surface area contributed by atoms with E-state index in [1.165, 1.54) is 49.9 Å². The van der Waals surface area contributed by atoms with Crippen molar-refractivity contribution in [2.24, 2.45) is 17.8 Å². The maximum Gasteiger partial charge on any atom is 0.263 e. The van der Waals surface area contributed by atoms with Gasteiger partial charge in [-0.15, -0.1) is 11.3 Å². The summed E-state index contributed by atoms with van der Waals surface area (Å²) in [4.78, 5) is 5.00. The molecule has 1 N–H and O–H groups in total. The fourth-order valence-corrected chi connectivity index (χ4v) is 8.48. The minimum Gasteiger partial charge on any atom is -0.255 e. The number of nitrogens with zero attached hydrogens (tertiary/aromatic N) is 1. The standard InChI is InChI=1S/C19H21BrN2O2S2/c20-15-2-1-3-16(7-15)26(23,24)22-18-21-17(11-25-18)19-8-12-4-13(9-19)6-14(5-12)10-19/h1-3,7,11-14H,4-6,8-10H2,(H,21,22). The first kappa shape index (κ1) is 17.2. The van der Waals surface area contributed by atoms with E-state index in [0.29, 0.717) is 5.13 Å². The van der Waals surface area contributed by atoms with Crippen LogP contribution in [0.25, 0.3) is 0 Å². The lowest BCUT2D eigenvalue weighted by molar-refractivity contribution is -0.00688. The second-order valence-electron chi connectivity index (χ2n) is 8.30. The topological polar surface area (TPSA) is 59.1 Å². The van der Waals surface area contributed by atoms with E-state index in [2.05, 4.69) is 26.0 Å². The normalized spacial score (nSPS) is 32.7. The molecule has 4 aliphatic carbocycles. The number of anilines is 1. The summed E-state index contributed by atoms with van der Waals surface area (Å²) in [6.07, 6.45) is 7.89. The second-order valence-corrected chi connectivity index (χ2v) is 11.8. The largest absolute Gasteiger partial charge is 0.263 e. The van der Waals surface area contributed by atoms with Gasteiger partial charge in [-0.05, 0) is 74.5 Å². The van der Waals surface area contributed by atoms with Crippen LogP contribution in [0.5, 0.6) is 0 Å². The Morgan fingerprint density at radius 2 is 1.77 bits per heavy atom. The molecule has 0 unspecified atom stereocenters. The summed E-state index contributed by atoms with van der Waals surface area (Å²) in [5, 5.41) is 2.57. The molecule has 4 nitrogen and oxygen atoms in total. The minimum absolute atomic E-state index is 0.199. The van der Waals surface area contributed by atoms with Crippen molar-refractivity contribution in [3.05, 3.63) is 39.8 Å². The predicted octanol–water partition coefficient (Wildman–Crippen LogP) is 5.17. The smallest absolute Gasteiger partial charge is 0.255 e. The molecule has 0 spiro atoms. The van der Waals surface area contributed by atoms with Gasteiger partial charge < -0.3 is 0 Å². The summed E-state index contributed by atoms with van der Waals surface area (Å²) < 4.78 is 28.7. The van der Waals surface area contributed by atoms with Gasteiger partial charge in [0.2, 0.25) is 0 Å². The maximum absolute atomic E-state index is 12.6. The fraction of sp³-hybridized carbons (Fsp3) is 0.526. The average Bonchev–Trinajstić information content (AvgIpc) is 3.02. The highest BCUT2D eigenvalue weighted by Gasteiger charge is 2.52. The van der Waals surface area contributed by atoms with Gasteiger partial charge in [0.15, 0.2) is 5.13 Å². The summed E-state index contributed by atoms with van der Waals surface area (Å²) in [7, 11) is -3.61. The van der Waals surface area contributed by atoms with E-state index in [1.54, 1.807) is 18.2 Å². The molecule has 1 heterocycles. The molecule has 0 radical (unpaired) electrons. The van der Waals surface area contributed by atoms with E-state index in [0.717, 1.165) is 27.9 Å². The molecule has 1 aromatic heterocycles. The van der Waals surface area contributed by atoms with Gasteiger partial charge in [0.25, 0.3) is 10.0 Å². The molecule has 2 aromatic rings. The van der Waals surface area contributed by atoms with Crippen LogP contribution in [0.3, 0.4) is 0 Å². The van der Waals surface area contributed by atoms with Gasteiger partial charge in [0.1, 0.15) is 0 Å². The molecule has 4 fully saturated rings. The van der Waals surface area contributed by atoms with Gasteiger partial charge in [-0.2, -0.15) is 0 Å². The zero-order valence-corrected chi connectivity index (χ0v) is 17.5. The Morgan fingerprint density at radius 1 is 1.12 bits per heavy atom. The Hall–Kier alpha value is -0.920. The highest BCUT2D eigenvalue weighted by Crippen LogP contribution is 2.60. The van der Waals surface area contributed by atoms with Crippen molar-refractivity contribution in [1.82, 2.24) is 4.98 Å². The van der Waals surface area contributed by atoms with Crippen LogP contribution in [0, 0.1) is 17.8 Å². The van der Waals surface area contributed by atoms with E-state index in [9.17, 15) is 8.42 Å². The molecule has 6 rings (SSSR count). The molecule has 4 saturated carbocycles. The zero-order chi connectivity index (χ0) is 17.9. The molecule has 0 amide bonds. The summed E-state index contributed by atoms with van der Waals surface area (Å²) in [5.74, 6) is 2.55. The van der Waals surface area contributed by atoms with Crippen molar-refractivity contribution < 1.29 is 8.42 Å². The van der Waals surface area contributed by atoms with Crippen molar-refractivity contribution in [3.63, 3.8) is 0 Å². The van der Waals surface area contributed by atoms with E-state index >= 15 is 0 Å². The van der Waals surface area contributed by atoms with Crippen LogP contribution in [-0.2, 0) is 15.4 Å². The van der Waals surface area contributed by atoms with Crippen LogP contribution >= 0.6 is 27.3 Å². The number of thiazole rings is 1. The van der Waals surface area contributed by atoms with Gasteiger partial charge in [-0.3, -0.25) is 4.72 Å². The van der Waals surface area contributed by atoms with Crippen LogP contribution in [0.2, 0.25) is 0 Å². The van der Waals surface area contributed by atoms with Gasteiger partial charge in [0, 0.05) is 15.3 Å². The van der Waals surface area contributed by atoms with Crippen molar-refractivity contribution in [2.75, 3.05) is 4.72 Å². The first-order chi connectivity index (χ1) is 12.4. The van der Waals surface area contributed by atoms with Crippen LogP contribution in [-0.4, -0.2) is 13.4 Å². The molecule has 4 aliphatic rings. The van der Waals surface area contributed by atoms with E-state index in [4.69, 9.17) is 4.98 Å². The highest BCUT2D eigenvalue weighted by atomic mass is 79.9. The Labute approximate surface area is 166 Å². The Bertz CT molecular complexity index is 919. The minimum atomic E-state index is -3.61. The van der Waals surface area contributed by atoms with Gasteiger partial charge >= 0.3 is 0 Å². The lowest BCUT2D eigenvalue weighted by Gasteiger charge is -2.56. The summed E-state index contributed by atoms with van der Waals surface area (Å²) in [6, 6.07) is 6.74. The van der Waals surface area contributed by atoms with Gasteiger partial charge in [-0.25, -0.2) is 13.4 Å². The SMILES string of the molecule is O=S(=O)(Nc1nc(C23CC4CC(CC(C4)C2)C3)cs1)c1cccc(Br)c1. The number of hydrogen-bond acceptors (Lipinski definition) is 4. The number of halogens is 1. The molecule has 0 aliphatic heterocycles. The molecule has 7 heteroatoms. The maximum atomic E-state index is 12.6. The number of rotatable bonds is 4. The Kier molecular flexibility index (Phi) is 4.00. The molecule has 0 saturated heterocycles. The number of hydrogen-bond donors (Lipinski definition) is 1. The van der Waals surface area contributed by atoms with Crippen molar-refractivity contribution in [2.45, 2.75) is 48.8 Å². The Balaban J connectivity index is 1.41. The number of nitrogens with one attached hydrogen (secondary N) is 1. The second kappa shape index (κ2) is 6.04. The first-order valence-electron chi connectivity index (χ1n) is 9.16. The van der Waals surface area contributed by atoms with Crippen LogP contribution in [0.4, 0.5) is 5.13 Å². The molecule has 26 heavy (non-hydrogen) atoms. The summed E-state index contributed by atoms with van der Waals surface area (Å²) in [5.41, 5.74) is 1.32. The summed E-state index contributed by atoms with van der Waals surface area (Å²) >= 11 is 4.74. The quantitative estimate of drug-likeness (QED) is 0.695. The van der Waals surface area contributed by atoms with Crippen LogP contribution in [0.1, 0.15) is 44.2 Å². The monoisotopic (exact) mass is 452 g/mol. The zero-order valence-electron chi connectivity index (χ0n) is 14.3. The molecular weight excluding hydrogens is 432 g/mol. The lowest BCUT2D eigenvalue weighted by Crippen LogP contribution is -2.48. The third kappa shape index (κ3) is 2.92. The van der Waals surface area contributed by atoms with E-state index in [1.807, 2.05) is 6.07 Å². The third-order valence-corrected chi connectivity index (χ3v) is 9.13. The van der Waals surface area contributed by atoms with E-state index in [-0.39, 0.29) is 10.3 Å². The number of benzene rings is 1. The number of sulfonamides is 1. The van der Waals surface area contributed by atoms with Crippen LogP contribution in [0.15, 0.2) is 39.0 Å². The van der Waals surface area contributed by atoms with Crippen molar-refractivity contribution in [1.29, 1.82) is 0 Å². The van der Waals surface area contributed by atoms with Gasteiger partial charge in [0.05, 0.1) is 10.6 Å². The molecule has 138 valence electrons. The number of aromatic nitrogens is 1.